The van der Waals surface area contributed by atoms with E-state index in [0.717, 1.165) is 25.5 Å². The Morgan fingerprint density at radius 2 is 2.11 bits per heavy atom. The molecule has 1 aliphatic rings. The monoisotopic (exact) mass is 379 g/mol. The quantitative estimate of drug-likeness (QED) is 0.885. The van der Waals surface area contributed by atoms with E-state index in [0.29, 0.717) is 23.5 Å². The number of anilines is 1. The molecule has 1 saturated heterocycles. The molecular formula is C21H22FN5O. The van der Waals surface area contributed by atoms with Gasteiger partial charge in [0.1, 0.15) is 11.7 Å². The zero-order valence-corrected chi connectivity index (χ0v) is 15.9. The molecule has 2 aromatic rings. The van der Waals surface area contributed by atoms with Gasteiger partial charge in [0.2, 0.25) is 0 Å². The lowest BCUT2D eigenvalue weighted by Gasteiger charge is -2.34. The van der Waals surface area contributed by atoms with Gasteiger partial charge in [-0.1, -0.05) is 6.07 Å². The number of amidine groups is 1. The molecule has 3 rings (SSSR count). The average molecular weight is 379 g/mol. The van der Waals surface area contributed by atoms with Gasteiger partial charge in [0, 0.05) is 25.3 Å². The van der Waals surface area contributed by atoms with Gasteiger partial charge in [-0.3, -0.25) is 9.69 Å². The minimum atomic E-state index is -0.437. The summed E-state index contributed by atoms with van der Waals surface area (Å²) in [6, 6.07) is 12.6. The number of benzene rings is 2. The number of carbonyl (C=O) groups is 1. The second-order valence-electron chi connectivity index (χ2n) is 6.65. The van der Waals surface area contributed by atoms with Crippen molar-refractivity contribution >= 4 is 23.1 Å². The lowest BCUT2D eigenvalue weighted by Crippen LogP contribution is -2.48. The molecule has 1 fully saturated rings. The number of nitriles is 1. The first kappa shape index (κ1) is 19.5. The van der Waals surface area contributed by atoms with Gasteiger partial charge in [0.05, 0.1) is 29.4 Å². The van der Waals surface area contributed by atoms with Gasteiger partial charge in [-0.2, -0.15) is 5.26 Å². The Balaban J connectivity index is 1.97. The van der Waals surface area contributed by atoms with E-state index in [1.54, 1.807) is 18.2 Å². The van der Waals surface area contributed by atoms with Crippen LogP contribution in [0, 0.1) is 17.1 Å². The third-order valence-corrected chi connectivity index (χ3v) is 4.61. The van der Waals surface area contributed by atoms with E-state index in [9.17, 15) is 14.4 Å². The van der Waals surface area contributed by atoms with E-state index < -0.39 is 11.7 Å². The Labute approximate surface area is 163 Å². The van der Waals surface area contributed by atoms with Crippen LogP contribution in [-0.2, 0) is 0 Å². The zero-order valence-electron chi connectivity index (χ0n) is 15.9. The van der Waals surface area contributed by atoms with E-state index >= 15 is 0 Å². The molecule has 0 spiro atoms. The fraction of sp³-hybridized carbons (Fsp3) is 0.286. The van der Waals surface area contributed by atoms with E-state index in [1.165, 1.54) is 24.3 Å². The second kappa shape index (κ2) is 8.63. The highest BCUT2D eigenvalue weighted by molar-refractivity contribution is 6.08. The lowest BCUT2D eigenvalue weighted by atomic mass is 10.1. The summed E-state index contributed by atoms with van der Waals surface area (Å²) < 4.78 is 13.4. The van der Waals surface area contributed by atoms with Crippen molar-refractivity contribution in [3.8, 4) is 6.07 Å². The molecule has 7 heteroatoms. The molecule has 144 valence electrons. The molecule has 28 heavy (non-hydrogen) atoms. The number of likely N-dealkylation sites (N-methyl/N-ethyl adjacent to an activating group) is 2. The maximum Gasteiger partial charge on any atom is 0.257 e. The summed E-state index contributed by atoms with van der Waals surface area (Å²) in [7, 11) is 2.03. The topological polar surface area (TPSA) is 71.7 Å². The van der Waals surface area contributed by atoms with Crippen LogP contribution in [0.1, 0.15) is 22.8 Å². The fourth-order valence-corrected chi connectivity index (χ4v) is 3.08. The Morgan fingerprint density at radius 3 is 2.82 bits per heavy atom. The maximum absolute atomic E-state index is 13.4. The Morgan fingerprint density at radius 1 is 1.29 bits per heavy atom. The molecule has 1 heterocycles. The van der Waals surface area contributed by atoms with E-state index in [2.05, 4.69) is 22.0 Å². The predicted octanol–water partition coefficient (Wildman–Crippen LogP) is 3.25. The standard InChI is InChI=1S/C21H22FN5O/c1-3-27-10-9-26(2)14-20(27)25-19-8-7-15(13-23)11-18(19)21(28)24-17-6-4-5-16(22)12-17/h4-8,11-12H,3,9-10,14H2,1-2H3,(H,24,28). The van der Waals surface area contributed by atoms with Crippen molar-refractivity contribution in [3.63, 3.8) is 0 Å². The van der Waals surface area contributed by atoms with Gasteiger partial charge in [-0.15, -0.1) is 0 Å². The molecule has 1 aliphatic heterocycles. The number of piperazine rings is 1. The number of aliphatic imine (C=N–C) groups is 1. The summed E-state index contributed by atoms with van der Waals surface area (Å²) in [4.78, 5) is 21.9. The van der Waals surface area contributed by atoms with Crippen LogP contribution in [0.15, 0.2) is 47.5 Å². The number of rotatable bonds is 4. The van der Waals surface area contributed by atoms with Crippen molar-refractivity contribution in [2.24, 2.45) is 4.99 Å². The first-order chi connectivity index (χ1) is 13.5. The molecule has 0 atom stereocenters. The highest BCUT2D eigenvalue weighted by atomic mass is 19.1. The third-order valence-electron chi connectivity index (χ3n) is 4.61. The van der Waals surface area contributed by atoms with Crippen molar-refractivity contribution < 1.29 is 9.18 Å². The van der Waals surface area contributed by atoms with Crippen LogP contribution in [0.4, 0.5) is 15.8 Å². The van der Waals surface area contributed by atoms with Crippen molar-refractivity contribution in [1.29, 1.82) is 5.26 Å². The minimum Gasteiger partial charge on any atom is -0.358 e. The number of nitrogens with one attached hydrogen (secondary N) is 1. The van der Waals surface area contributed by atoms with Crippen molar-refractivity contribution in [1.82, 2.24) is 9.80 Å². The number of nitrogens with zero attached hydrogens (tertiary/aromatic N) is 4. The summed E-state index contributed by atoms with van der Waals surface area (Å²) >= 11 is 0. The smallest absolute Gasteiger partial charge is 0.257 e. The summed E-state index contributed by atoms with van der Waals surface area (Å²) in [6.45, 7) is 5.39. The van der Waals surface area contributed by atoms with Crippen LogP contribution < -0.4 is 5.32 Å². The highest BCUT2D eigenvalue weighted by Crippen LogP contribution is 2.24. The Bertz CT molecular complexity index is 950. The Kier molecular flexibility index (Phi) is 6.02. The predicted molar refractivity (Wildman–Crippen MR) is 107 cm³/mol. The molecule has 0 aliphatic carbocycles. The summed E-state index contributed by atoms with van der Waals surface area (Å²) in [5.41, 5.74) is 1.47. The van der Waals surface area contributed by atoms with Crippen LogP contribution in [-0.4, -0.2) is 54.8 Å². The van der Waals surface area contributed by atoms with E-state index in [-0.39, 0.29) is 5.56 Å². The van der Waals surface area contributed by atoms with Gasteiger partial charge in [-0.25, -0.2) is 9.38 Å². The molecule has 0 bridgehead atoms. The number of carbonyl (C=O) groups excluding carboxylic acids is 1. The van der Waals surface area contributed by atoms with Crippen molar-refractivity contribution in [2.75, 3.05) is 38.5 Å². The van der Waals surface area contributed by atoms with Crippen molar-refractivity contribution in [2.45, 2.75) is 6.92 Å². The largest absolute Gasteiger partial charge is 0.358 e. The molecule has 2 aromatic carbocycles. The first-order valence-corrected chi connectivity index (χ1v) is 9.12. The fourth-order valence-electron chi connectivity index (χ4n) is 3.08. The zero-order chi connectivity index (χ0) is 20.1. The number of hydrogen-bond donors (Lipinski definition) is 1. The molecule has 1 N–H and O–H groups in total. The average Bonchev–Trinajstić information content (AvgIpc) is 2.68. The highest BCUT2D eigenvalue weighted by Gasteiger charge is 2.20. The van der Waals surface area contributed by atoms with Crippen LogP contribution in [0.3, 0.4) is 0 Å². The third kappa shape index (κ3) is 4.53. The molecule has 0 radical (unpaired) electrons. The minimum absolute atomic E-state index is 0.278. The van der Waals surface area contributed by atoms with Crippen LogP contribution in [0.5, 0.6) is 0 Å². The van der Waals surface area contributed by atoms with E-state index in [1.807, 2.05) is 13.1 Å². The molecular weight excluding hydrogens is 357 g/mol. The van der Waals surface area contributed by atoms with Crippen LogP contribution >= 0.6 is 0 Å². The van der Waals surface area contributed by atoms with Gasteiger partial charge in [0.25, 0.3) is 5.91 Å². The number of hydrogen-bond acceptors (Lipinski definition) is 4. The van der Waals surface area contributed by atoms with Crippen molar-refractivity contribution in [3.05, 3.63) is 59.4 Å². The Hall–Kier alpha value is -3.24. The summed E-state index contributed by atoms with van der Waals surface area (Å²) in [5, 5.41) is 11.9. The summed E-state index contributed by atoms with van der Waals surface area (Å²) in [5.74, 6) is 0.00268. The number of halogens is 1. The first-order valence-electron chi connectivity index (χ1n) is 9.12. The molecule has 0 unspecified atom stereocenters. The summed E-state index contributed by atoms with van der Waals surface area (Å²) in [6.07, 6.45) is 0. The molecule has 1 amide bonds. The van der Waals surface area contributed by atoms with E-state index in [4.69, 9.17) is 4.99 Å². The molecule has 0 saturated carbocycles. The van der Waals surface area contributed by atoms with Gasteiger partial charge in [-0.05, 0) is 50.4 Å². The van der Waals surface area contributed by atoms with Gasteiger partial charge < -0.3 is 10.2 Å². The number of amides is 1. The van der Waals surface area contributed by atoms with Crippen LogP contribution in [0.2, 0.25) is 0 Å². The maximum atomic E-state index is 13.4. The van der Waals surface area contributed by atoms with Crippen LogP contribution in [0.25, 0.3) is 0 Å². The second-order valence-corrected chi connectivity index (χ2v) is 6.65. The SMILES string of the molecule is CCN1CCN(C)CC1=Nc1ccc(C#N)cc1C(=O)Nc1cccc(F)c1. The molecule has 6 nitrogen and oxygen atoms in total. The normalized spacial score (nSPS) is 16.1. The van der Waals surface area contributed by atoms with Gasteiger partial charge in [0.15, 0.2) is 0 Å². The molecule has 0 aromatic heterocycles. The van der Waals surface area contributed by atoms with Gasteiger partial charge >= 0.3 is 0 Å². The lowest BCUT2D eigenvalue weighted by molar-refractivity contribution is 0.102.